The number of likely N-dealkylation sites (tertiary alicyclic amines) is 1. The van der Waals surface area contributed by atoms with Crippen LogP contribution < -0.4 is 5.32 Å². The van der Waals surface area contributed by atoms with Gasteiger partial charge in [-0.25, -0.2) is 4.79 Å². The van der Waals surface area contributed by atoms with E-state index in [1.165, 1.54) is 19.4 Å². The molecule has 98 valence electrons. The Balaban J connectivity index is 1.67. The summed E-state index contributed by atoms with van der Waals surface area (Å²) in [5, 5.41) is 3.63. The van der Waals surface area contributed by atoms with Crippen molar-refractivity contribution in [2.75, 3.05) is 33.2 Å². The molecule has 0 unspecified atom stereocenters. The molecule has 0 aromatic rings. The Morgan fingerprint density at radius 1 is 1.29 bits per heavy atom. The molecule has 0 atom stereocenters. The van der Waals surface area contributed by atoms with Gasteiger partial charge in [0.15, 0.2) is 0 Å². The van der Waals surface area contributed by atoms with Crippen LogP contribution in [0.25, 0.3) is 0 Å². The lowest BCUT2D eigenvalue weighted by Gasteiger charge is -2.34. The van der Waals surface area contributed by atoms with Gasteiger partial charge in [-0.15, -0.1) is 0 Å². The third-order valence-electron chi connectivity index (χ3n) is 3.96. The van der Waals surface area contributed by atoms with E-state index in [0.717, 1.165) is 38.4 Å². The molecule has 1 aliphatic carbocycles. The Bertz CT molecular complexity index is 257. The van der Waals surface area contributed by atoms with Crippen molar-refractivity contribution in [3.63, 3.8) is 0 Å². The summed E-state index contributed by atoms with van der Waals surface area (Å²) in [7, 11) is 1.87. The van der Waals surface area contributed by atoms with Crippen LogP contribution in [0.3, 0.4) is 0 Å². The van der Waals surface area contributed by atoms with Crippen molar-refractivity contribution in [1.82, 2.24) is 15.1 Å². The highest BCUT2D eigenvalue weighted by Gasteiger charge is 2.26. The van der Waals surface area contributed by atoms with Gasteiger partial charge in [0, 0.05) is 32.7 Å². The summed E-state index contributed by atoms with van der Waals surface area (Å²) < 4.78 is 0. The van der Waals surface area contributed by atoms with Crippen LogP contribution in [-0.4, -0.2) is 55.1 Å². The molecule has 4 nitrogen and oxygen atoms in total. The molecule has 1 saturated carbocycles. The topological polar surface area (TPSA) is 35.6 Å². The molecular weight excluding hydrogens is 214 g/mol. The molecule has 2 fully saturated rings. The zero-order valence-corrected chi connectivity index (χ0v) is 11.1. The van der Waals surface area contributed by atoms with E-state index in [4.69, 9.17) is 0 Å². The first-order chi connectivity index (χ1) is 8.20. The normalized spacial score (nSPS) is 21.6. The maximum atomic E-state index is 11.9. The van der Waals surface area contributed by atoms with E-state index in [0.29, 0.717) is 6.04 Å². The Morgan fingerprint density at radius 2 is 1.94 bits per heavy atom. The van der Waals surface area contributed by atoms with E-state index >= 15 is 0 Å². The van der Waals surface area contributed by atoms with E-state index in [-0.39, 0.29) is 6.03 Å². The van der Waals surface area contributed by atoms with Gasteiger partial charge in [-0.3, -0.25) is 0 Å². The summed E-state index contributed by atoms with van der Waals surface area (Å²) in [5.41, 5.74) is 0. The highest BCUT2D eigenvalue weighted by molar-refractivity contribution is 5.74. The Hall–Kier alpha value is -0.770. The van der Waals surface area contributed by atoms with Crippen LogP contribution in [0.5, 0.6) is 0 Å². The molecule has 2 rings (SSSR count). The summed E-state index contributed by atoms with van der Waals surface area (Å²) in [6.07, 6.45) is 5.03. The second-order valence-electron chi connectivity index (χ2n) is 5.41. The van der Waals surface area contributed by atoms with Gasteiger partial charge in [-0.2, -0.15) is 0 Å². The number of hydrogen-bond donors (Lipinski definition) is 1. The minimum atomic E-state index is 0.188. The zero-order valence-electron chi connectivity index (χ0n) is 11.1. The monoisotopic (exact) mass is 239 g/mol. The van der Waals surface area contributed by atoms with Crippen molar-refractivity contribution in [2.45, 2.75) is 38.6 Å². The number of nitrogens with one attached hydrogen (secondary N) is 1. The molecular formula is C13H25N3O. The van der Waals surface area contributed by atoms with Crippen molar-refractivity contribution in [1.29, 1.82) is 0 Å². The minimum Gasteiger partial charge on any atom is -0.328 e. The van der Waals surface area contributed by atoms with Crippen molar-refractivity contribution in [3.05, 3.63) is 0 Å². The second kappa shape index (κ2) is 5.71. The third kappa shape index (κ3) is 3.60. The highest BCUT2D eigenvalue weighted by Crippen LogP contribution is 2.28. The lowest BCUT2D eigenvalue weighted by molar-refractivity contribution is 0.147. The van der Waals surface area contributed by atoms with Gasteiger partial charge in [0.05, 0.1) is 0 Å². The Morgan fingerprint density at radius 3 is 2.47 bits per heavy atom. The fourth-order valence-electron chi connectivity index (χ4n) is 2.31. The maximum absolute atomic E-state index is 11.9. The molecule has 2 amide bonds. The fraction of sp³-hybridized carbons (Fsp3) is 0.923. The smallest absolute Gasteiger partial charge is 0.319 e. The van der Waals surface area contributed by atoms with Gasteiger partial charge in [-0.1, -0.05) is 0 Å². The van der Waals surface area contributed by atoms with E-state index < -0.39 is 0 Å². The quantitative estimate of drug-likeness (QED) is 0.807. The molecule has 1 saturated heterocycles. The summed E-state index contributed by atoms with van der Waals surface area (Å²) >= 11 is 0. The summed E-state index contributed by atoms with van der Waals surface area (Å²) in [4.78, 5) is 15.7. The average Bonchev–Trinajstić information content (AvgIpc) is 3.19. The molecule has 0 spiro atoms. The number of carbonyl (C=O) groups is 1. The maximum Gasteiger partial charge on any atom is 0.319 e. The van der Waals surface area contributed by atoms with E-state index in [1.807, 2.05) is 18.9 Å². The van der Waals surface area contributed by atoms with Gasteiger partial charge in [0.25, 0.3) is 0 Å². The molecule has 0 radical (unpaired) electrons. The molecule has 2 aliphatic rings. The van der Waals surface area contributed by atoms with Crippen molar-refractivity contribution >= 4 is 6.03 Å². The standard InChI is InChI=1S/C13H25N3O/c1-3-15(2)13(17)16-8-6-12(7-9-16)14-10-11-4-5-11/h11-12,14H,3-10H2,1-2H3. The van der Waals surface area contributed by atoms with Crippen LogP contribution in [0, 0.1) is 5.92 Å². The van der Waals surface area contributed by atoms with Crippen LogP contribution in [0.2, 0.25) is 0 Å². The van der Waals surface area contributed by atoms with Crippen LogP contribution in [0.15, 0.2) is 0 Å². The van der Waals surface area contributed by atoms with Crippen LogP contribution in [0.4, 0.5) is 4.79 Å². The van der Waals surface area contributed by atoms with E-state index in [1.54, 1.807) is 4.90 Å². The number of hydrogen-bond acceptors (Lipinski definition) is 2. The molecule has 17 heavy (non-hydrogen) atoms. The first kappa shape index (κ1) is 12.7. The van der Waals surface area contributed by atoms with Crippen LogP contribution in [-0.2, 0) is 0 Å². The van der Waals surface area contributed by atoms with Crippen LogP contribution in [0.1, 0.15) is 32.6 Å². The first-order valence-corrected chi connectivity index (χ1v) is 6.94. The SMILES string of the molecule is CCN(C)C(=O)N1CCC(NCC2CC2)CC1. The third-order valence-corrected chi connectivity index (χ3v) is 3.96. The number of carbonyl (C=O) groups excluding carboxylic acids is 1. The minimum absolute atomic E-state index is 0.188. The average molecular weight is 239 g/mol. The van der Waals surface area contributed by atoms with Gasteiger partial charge in [0.2, 0.25) is 0 Å². The first-order valence-electron chi connectivity index (χ1n) is 6.94. The molecule has 0 aromatic carbocycles. The highest BCUT2D eigenvalue weighted by atomic mass is 16.2. The van der Waals surface area contributed by atoms with E-state index in [2.05, 4.69) is 5.32 Å². The summed E-state index contributed by atoms with van der Waals surface area (Å²) in [5.74, 6) is 0.945. The number of urea groups is 1. The zero-order chi connectivity index (χ0) is 12.3. The van der Waals surface area contributed by atoms with Gasteiger partial charge >= 0.3 is 6.03 Å². The van der Waals surface area contributed by atoms with Crippen molar-refractivity contribution in [2.24, 2.45) is 5.92 Å². The number of piperidine rings is 1. The predicted octanol–water partition coefficient (Wildman–Crippen LogP) is 1.52. The second-order valence-corrected chi connectivity index (χ2v) is 5.41. The molecule has 4 heteroatoms. The Labute approximate surface area is 104 Å². The summed E-state index contributed by atoms with van der Waals surface area (Å²) in [6.45, 7) is 5.81. The van der Waals surface area contributed by atoms with E-state index in [9.17, 15) is 4.79 Å². The van der Waals surface area contributed by atoms with Crippen molar-refractivity contribution in [3.8, 4) is 0 Å². The predicted molar refractivity (Wildman–Crippen MR) is 69.0 cm³/mol. The van der Waals surface area contributed by atoms with Crippen LogP contribution >= 0.6 is 0 Å². The number of rotatable bonds is 4. The van der Waals surface area contributed by atoms with Gasteiger partial charge in [0.1, 0.15) is 0 Å². The van der Waals surface area contributed by atoms with Crippen molar-refractivity contribution < 1.29 is 4.79 Å². The van der Waals surface area contributed by atoms with Gasteiger partial charge in [-0.05, 0) is 45.1 Å². The summed E-state index contributed by atoms with van der Waals surface area (Å²) in [6, 6.07) is 0.819. The fourth-order valence-corrected chi connectivity index (χ4v) is 2.31. The number of nitrogens with zero attached hydrogens (tertiary/aromatic N) is 2. The molecule has 0 aromatic heterocycles. The lowest BCUT2D eigenvalue weighted by atomic mass is 10.1. The lowest BCUT2D eigenvalue weighted by Crippen LogP contribution is -2.49. The Kier molecular flexibility index (Phi) is 4.26. The molecule has 1 heterocycles. The largest absolute Gasteiger partial charge is 0.328 e. The molecule has 1 aliphatic heterocycles. The molecule has 1 N–H and O–H groups in total. The molecule has 0 bridgehead atoms. The number of amides is 2. The van der Waals surface area contributed by atoms with Gasteiger partial charge < -0.3 is 15.1 Å².